The Morgan fingerprint density at radius 2 is 1.67 bits per heavy atom. The van der Waals surface area contributed by atoms with Gasteiger partial charge in [0.15, 0.2) is 11.5 Å². The van der Waals surface area contributed by atoms with Crippen molar-refractivity contribution in [1.29, 1.82) is 0 Å². The van der Waals surface area contributed by atoms with E-state index in [-0.39, 0.29) is 11.3 Å². The standard InChI is InChI=1S/C20H18BrNO5/c1-22-17(12-6-9-14(26-2)15(10-12)27-3)16(19(24)20(22)25)18(23)11-4-7-13(21)8-5-11/h4-10,17,23H,1-3H3/t17-/m1/s1. The Balaban J connectivity index is 2.17. The van der Waals surface area contributed by atoms with Gasteiger partial charge in [-0.2, -0.15) is 0 Å². The minimum absolute atomic E-state index is 0.0389. The molecule has 0 spiro atoms. The smallest absolute Gasteiger partial charge is 0.295 e. The molecule has 3 rings (SSSR count). The first-order chi connectivity index (χ1) is 12.9. The fourth-order valence-electron chi connectivity index (χ4n) is 3.12. The largest absolute Gasteiger partial charge is 0.507 e. The normalized spacial score (nSPS) is 18.7. The molecule has 1 aliphatic rings. The van der Waals surface area contributed by atoms with Crippen LogP contribution in [-0.4, -0.2) is 43.0 Å². The Morgan fingerprint density at radius 1 is 1.04 bits per heavy atom. The van der Waals surface area contributed by atoms with Gasteiger partial charge in [-0.05, 0) is 29.8 Å². The summed E-state index contributed by atoms with van der Waals surface area (Å²) in [4.78, 5) is 26.2. The summed E-state index contributed by atoms with van der Waals surface area (Å²) in [5.74, 6) is -0.615. The summed E-state index contributed by atoms with van der Waals surface area (Å²) in [5, 5.41) is 10.8. The Kier molecular flexibility index (Phi) is 5.23. The van der Waals surface area contributed by atoms with Gasteiger partial charge in [0.05, 0.1) is 25.8 Å². The summed E-state index contributed by atoms with van der Waals surface area (Å²) in [5.41, 5.74) is 1.13. The number of carbonyl (C=O) groups is 2. The third-order valence-corrected chi connectivity index (χ3v) is 5.04. The number of hydrogen-bond donors (Lipinski definition) is 1. The van der Waals surface area contributed by atoms with E-state index in [0.29, 0.717) is 22.6 Å². The van der Waals surface area contributed by atoms with Gasteiger partial charge in [0.2, 0.25) is 0 Å². The molecule has 1 heterocycles. The van der Waals surface area contributed by atoms with E-state index >= 15 is 0 Å². The summed E-state index contributed by atoms with van der Waals surface area (Å²) in [6.45, 7) is 0. The third kappa shape index (κ3) is 3.30. The maximum atomic E-state index is 12.6. The highest BCUT2D eigenvalue weighted by Crippen LogP contribution is 2.41. The zero-order chi connectivity index (χ0) is 19.7. The molecule has 1 saturated heterocycles. The molecule has 0 bridgehead atoms. The van der Waals surface area contributed by atoms with E-state index in [1.165, 1.54) is 26.2 Å². The van der Waals surface area contributed by atoms with Gasteiger partial charge >= 0.3 is 0 Å². The number of aliphatic hydroxyl groups excluding tert-OH is 1. The lowest BCUT2D eigenvalue weighted by molar-refractivity contribution is -0.139. The number of benzene rings is 2. The number of likely N-dealkylation sites (tertiary alicyclic amines) is 1. The number of methoxy groups -OCH3 is 2. The Hall–Kier alpha value is -2.80. The number of carbonyl (C=O) groups excluding carboxylic acids is 2. The lowest BCUT2D eigenvalue weighted by atomic mass is 9.95. The second-order valence-corrected chi connectivity index (χ2v) is 6.95. The van der Waals surface area contributed by atoms with Crippen molar-refractivity contribution >= 4 is 33.4 Å². The van der Waals surface area contributed by atoms with Crippen molar-refractivity contribution in [1.82, 2.24) is 4.90 Å². The molecular formula is C20H18BrNO5. The number of rotatable bonds is 4. The topological polar surface area (TPSA) is 76.1 Å². The minimum Gasteiger partial charge on any atom is -0.507 e. The van der Waals surface area contributed by atoms with Gasteiger partial charge in [0.25, 0.3) is 11.7 Å². The first-order valence-electron chi connectivity index (χ1n) is 8.11. The number of aliphatic hydroxyl groups is 1. The molecule has 7 heteroatoms. The maximum Gasteiger partial charge on any atom is 0.295 e. The molecule has 2 aromatic carbocycles. The minimum atomic E-state index is -0.728. The van der Waals surface area contributed by atoms with Crippen LogP contribution < -0.4 is 9.47 Å². The fourth-order valence-corrected chi connectivity index (χ4v) is 3.39. The average Bonchev–Trinajstić information content (AvgIpc) is 2.91. The molecule has 0 aliphatic carbocycles. The van der Waals surface area contributed by atoms with E-state index in [2.05, 4.69) is 15.9 Å². The van der Waals surface area contributed by atoms with Crippen molar-refractivity contribution < 1.29 is 24.2 Å². The number of likely N-dealkylation sites (N-methyl/N-ethyl adjacent to an activating group) is 1. The van der Waals surface area contributed by atoms with Gasteiger partial charge in [-0.15, -0.1) is 0 Å². The van der Waals surface area contributed by atoms with E-state index in [1.54, 1.807) is 42.5 Å². The summed E-state index contributed by atoms with van der Waals surface area (Å²) in [6, 6.07) is 11.3. The lowest BCUT2D eigenvalue weighted by Gasteiger charge is -2.22. The van der Waals surface area contributed by atoms with Gasteiger partial charge in [0.1, 0.15) is 5.76 Å². The number of halogens is 1. The Labute approximate surface area is 165 Å². The van der Waals surface area contributed by atoms with Crippen LogP contribution in [0.25, 0.3) is 5.76 Å². The molecule has 1 fully saturated rings. The van der Waals surface area contributed by atoms with Gasteiger partial charge in [-0.3, -0.25) is 9.59 Å². The zero-order valence-electron chi connectivity index (χ0n) is 15.0. The number of ether oxygens (including phenoxy) is 2. The third-order valence-electron chi connectivity index (χ3n) is 4.52. The molecule has 1 atom stereocenters. The van der Waals surface area contributed by atoms with E-state index in [0.717, 1.165) is 4.47 Å². The highest BCUT2D eigenvalue weighted by molar-refractivity contribution is 9.10. The molecule has 1 aliphatic heterocycles. The van der Waals surface area contributed by atoms with Crippen molar-refractivity contribution in [2.24, 2.45) is 0 Å². The zero-order valence-corrected chi connectivity index (χ0v) is 16.6. The van der Waals surface area contributed by atoms with Crippen molar-refractivity contribution in [2.75, 3.05) is 21.3 Å². The number of Topliss-reactive ketones (excluding diaryl/α,β-unsaturated/α-hetero) is 1. The van der Waals surface area contributed by atoms with Gasteiger partial charge in [-0.25, -0.2) is 0 Å². The first-order valence-corrected chi connectivity index (χ1v) is 8.90. The molecule has 0 saturated carbocycles. The number of hydrogen-bond acceptors (Lipinski definition) is 5. The number of amides is 1. The second kappa shape index (κ2) is 7.44. The fraction of sp³-hybridized carbons (Fsp3) is 0.200. The predicted octanol–water partition coefficient (Wildman–Crippen LogP) is 3.52. The molecule has 2 aromatic rings. The molecule has 1 amide bonds. The van der Waals surface area contributed by atoms with Crippen molar-refractivity contribution in [3.05, 3.63) is 63.6 Å². The summed E-state index contributed by atoms with van der Waals surface area (Å²) in [6.07, 6.45) is 0. The molecule has 1 N–H and O–H groups in total. The molecule has 0 unspecified atom stereocenters. The molecule has 6 nitrogen and oxygen atoms in total. The van der Waals surface area contributed by atoms with Crippen LogP contribution in [-0.2, 0) is 9.59 Å². The van der Waals surface area contributed by atoms with Gasteiger partial charge < -0.3 is 19.5 Å². The SMILES string of the molecule is COc1ccc([C@@H]2C(=C(O)c3ccc(Br)cc3)C(=O)C(=O)N2C)cc1OC. The quantitative estimate of drug-likeness (QED) is 0.455. The van der Waals surface area contributed by atoms with E-state index in [1.807, 2.05) is 0 Å². The molecule has 27 heavy (non-hydrogen) atoms. The van der Waals surface area contributed by atoms with Crippen molar-refractivity contribution in [3.8, 4) is 11.5 Å². The van der Waals surface area contributed by atoms with Crippen molar-refractivity contribution in [3.63, 3.8) is 0 Å². The van der Waals surface area contributed by atoms with Gasteiger partial charge in [-0.1, -0.05) is 34.1 Å². The maximum absolute atomic E-state index is 12.6. The van der Waals surface area contributed by atoms with Crippen LogP contribution in [0.5, 0.6) is 11.5 Å². The van der Waals surface area contributed by atoms with Crippen LogP contribution in [0.3, 0.4) is 0 Å². The van der Waals surface area contributed by atoms with Gasteiger partial charge in [0, 0.05) is 17.1 Å². The monoisotopic (exact) mass is 431 g/mol. The van der Waals surface area contributed by atoms with E-state index < -0.39 is 17.7 Å². The lowest BCUT2D eigenvalue weighted by Crippen LogP contribution is -2.24. The van der Waals surface area contributed by atoms with Crippen LogP contribution in [0.1, 0.15) is 17.2 Å². The number of nitrogens with zero attached hydrogens (tertiary/aromatic N) is 1. The molecular weight excluding hydrogens is 414 g/mol. The Morgan fingerprint density at radius 3 is 2.26 bits per heavy atom. The van der Waals surface area contributed by atoms with Crippen LogP contribution in [0, 0.1) is 0 Å². The average molecular weight is 432 g/mol. The summed E-state index contributed by atoms with van der Waals surface area (Å²) >= 11 is 3.33. The highest BCUT2D eigenvalue weighted by atomic mass is 79.9. The number of ketones is 1. The summed E-state index contributed by atoms with van der Waals surface area (Å²) < 4.78 is 11.4. The molecule has 140 valence electrons. The van der Waals surface area contributed by atoms with E-state index in [9.17, 15) is 14.7 Å². The van der Waals surface area contributed by atoms with E-state index in [4.69, 9.17) is 9.47 Å². The van der Waals surface area contributed by atoms with Crippen molar-refractivity contribution in [2.45, 2.75) is 6.04 Å². The highest BCUT2D eigenvalue weighted by Gasteiger charge is 2.44. The van der Waals surface area contributed by atoms with Crippen LogP contribution in [0.4, 0.5) is 0 Å². The predicted molar refractivity (Wildman–Crippen MR) is 104 cm³/mol. The second-order valence-electron chi connectivity index (χ2n) is 6.03. The van der Waals surface area contributed by atoms with Crippen LogP contribution in [0.2, 0.25) is 0 Å². The molecule has 0 radical (unpaired) electrons. The first kappa shape index (κ1) is 19.0. The Bertz CT molecular complexity index is 936. The van der Waals surface area contributed by atoms with Crippen LogP contribution >= 0.6 is 15.9 Å². The van der Waals surface area contributed by atoms with Crippen LogP contribution in [0.15, 0.2) is 52.5 Å². The summed E-state index contributed by atoms with van der Waals surface area (Å²) in [7, 11) is 4.56. The molecule has 0 aromatic heterocycles.